The Labute approximate surface area is 179 Å². The fraction of sp³-hybridized carbons (Fsp3) is 0. The number of hydrogen-bond acceptors (Lipinski definition) is 0. The van der Waals surface area contributed by atoms with Gasteiger partial charge < -0.3 is 0 Å². The maximum atomic E-state index is 4.01. The van der Waals surface area contributed by atoms with Crippen LogP contribution in [0.4, 0.5) is 0 Å². The highest BCUT2D eigenvalue weighted by Gasteiger charge is 2.18. The Morgan fingerprint density at radius 3 is 1.23 bits per heavy atom. The van der Waals surface area contributed by atoms with Gasteiger partial charge in [0.15, 0.2) is 0 Å². The second-order valence-electron chi connectivity index (χ2n) is 7.03. The first-order valence-electron chi connectivity index (χ1n) is 10.2. The summed E-state index contributed by atoms with van der Waals surface area (Å²) in [5.74, 6) is 0. The van der Waals surface area contributed by atoms with E-state index in [1.165, 1.54) is 33.4 Å². The molecule has 0 saturated carbocycles. The third-order valence-corrected chi connectivity index (χ3v) is 5.08. The molecule has 0 heteroatoms. The number of benzene rings is 4. The molecule has 0 aliphatic carbocycles. The summed E-state index contributed by atoms with van der Waals surface area (Å²) in [5.41, 5.74) is 8.28. The van der Waals surface area contributed by atoms with Gasteiger partial charge in [0.2, 0.25) is 0 Å². The van der Waals surface area contributed by atoms with Crippen LogP contribution in [0.1, 0.15) is 22.3 Å². The highest BCUT2D eigenvalue weighted by Crippen LogP contribution is 2.40. The van der Waals surface area contributed by atoms with Crippen molar-refractivity contribution >= 4 is 16.7 Å². The Balaban J connectivity index is 2.12. The molecule has 0 aliphatic heterocycles. The van der Waals surface area contributed by atoms with E-state index in [-0.39, 0.29) is 0 Å². The first-order chi connectivity index (χ1) is 14.9. The van der Waals surface area contributed by atoms with Crippen LogP contribution in [0.15, 0.2) is 140 Å². The third-order valence-electron chi connectivity index (χ3n) is 5.08. The van der Waals surface area contributed by atoms with E-state index in [2.05, 4.69) is 134 Å². The molecular formula is C30H24. The molecule has 0 nitrogen and oxygen atoms in total. The fourth-order valence-corrected chi connectivity index (χ4v) is 3.76. The number of hydrogen-bond donors (Lipinski definition) is 0. The Bertz CT molecular complexity index is 1110. The lowest BCUT2D eigenvalue weighted by Crippen LogP contribution is -1.98. The molecule has 0 heterocycles. The summed E-state index contributed by atoms with van der Waals surface area (Å²) in [6, 6.07) is 42.4. The lowest BCUT2D eigenvalue weighted by Gasteiger charge is -2.20. The summed E-state index contributed by atoms with van der Waals surface area (Å²) in [7, 11) is 0. The minimum atomic E-state index is 1.15. The smallest absolute Gasteiger partial charge is 0.00208 e. The topological polar surface area (TPSA) is 0 Å². The lowest BCUT2D eigenvalue weighted by atomic mass is 9.83. The molecule has 0 fully saturated rings. The summed E-state index contributed by atoms with van der Waals surface area (Å²) in [6.45, 7) is 4.01. The molecule has 0 aromatic heterocycles. The lowest BCUT2D eigenvalue weighted by molar-refractivity contribution is 1.52. The normalized spacial score (nSPS) is 11.0. The van der Waals surface area contributed by atoms with Crippen LogP contribution in [0.2, 0.25) is 0 Å². The van der Waals surface area contributed by atoms with Crippen molar-refractivity contribution in [3.05, 3.63) is 162 Å². The zero-order chi connectivity index (χ0) is 20.6. The van der Waals surface area contributed by atoms with Crippen molar-refractivity contribution in [2.45, 2.75) is 0 Å². The van der Waals surface area contributed by atoms with Gasteiger partial charge in [-0.2, -0.15) is 0 Å². The van der Waals surface area contributed by atoms with Gasteiger partial charge in [0.1, 0.15) is 0 Å². The highest BCUT2D eigenvalue weighted by atomic mass is 14.2. The van der Waals surface area contributed by atoms with Crippen molar-refractivity contribution in [3.8, 4) is 0 Å². The molecule has 4 aromatic carbocycles. The van der Waals surface area contributed by atoms with E-state index < -0.39 is 0 Å². The van der Waals surface area contributed by atoms with Gasteiger partial charge in [0.25, 0.3) is 0 Å². The van der Waals surface area contributed by atoms with E-state index >= 15 is 0 Å². The van der Waals surface area contributed by atoms with Crippen molar-refractivity contribution in [1.82, 2.24) is 0 Å². The predicted molar refractivity (Wildman–Crippen MR) is 130 cm³/mol. The molecule has 4 rings (SSSR count). The summed E-state index contributed by atoms with van der Waals surface area (Å²) in [5, 5.41) is 0. The molecule has 0 atom stereocenters. The van der Waals surface area contributed by atoms with Gasteiger partial charge in [0, 0.05) is 0 Å². The third kappa shape index (κ3) is 4.24. The fourth-order valence-electron chi connectivity index (χ4n) is 3.76. The summed E-state index contributed by atoms with van der Waals surface area (Å²) in [6.07, 6.45) is 3.99. The van der Waals surface area contributed by atoms with Gasteiger partial charge >= 0.3 is 0 Å². The average Bonchev–Trinajstić information content (AvgIpc) is 2.83. The van der Waals surface area contributed by atoms with Crippen LogP contribution in [0.25, 0.3) is 16.7 Å². The van der Waals surface area contributed by atoms with Gasteiger partial charge in [-0.1, -0.05) is 140 Å². The van der Waals surface area contributed by atoms with E-state index in [1.54, 1.807) is 0 Å². The molecule has 0 bridgehead atoms. The Morgan fingerprint density at radius 1 is 0.467 bits per heavy atom. The van der Waals surface area contributed by atoms with E-state index in [1.807, 2.05) is 6.08 Å². The van der Waals surface area contributed by atoms with Crippen LogP contribution < -0.4 is 0 Å². The second kappa shape index (κ2) is 9.54. The minimum absolute atomic E-state index is 1.15. The zero-order valence-corrected chi connectivity index (χ0v) is 16.9. The van der Waals surface area contributed by atoms with Crippen molar-refractivity contribution < 1.29 is 0 Å². The monoisotopic (exact) mass is 384 g/mol. The second-order valence-corrected chi connectivity index (χ2v) is 7.03. The minimum Gasteiger partial charge on any atom is -0.0990 e. The Hall–Kier alpha value is -3.90. The van der Waals surface area contributed by atoms with E-state index in [0.29, 0.717) is 0 Å². The standard InChI is InChI=1S/C30H24/c1-2-15-28(24-16-7-3-8-17-24)30(27-22-13-6-14-23-27)29(25-18-9-4-10-19-25)26-20-11-5-12-21-26/h2-23H,1H2/b28-15+. The molecule has 0 unspecified atom stereocenters. The Morgan fingerprint density at radius 2 is 0.833 bits per heavy atom. The van der Waals surface area contributed by atoms with Crippen LogP contribution >= 0.6 is 0 Å². The molecule has 0 radical (unpaired) electrons. The van der Waals surface area contributed by atoms with Crippen molar-refractivity contribution in [3.63, 3.8) is 0 Å². The van der Waals surface area contributed by atoms with Crippen LogP contribution in [-0.4, -0.2) is 0 Å². The quantitative estimate of drug-likeness (QED) is 0.234. The summed E-state index contributed by atoms with van der Waals surface area (Å²) >= 11 is 0. The van der Waals surface area contributed by atoms with Crippen LogP contribution in [0, 0.1) is 0 Å². The van der Waals surface area contributed by atoms with E-state index in [0.717, 1.165) is 5.57 Å². The molecule has 0 N–H and O–H groups in total. The molecule has 30 heavy (non-hydrogen) atoms. The first kappa shape index (κ1) is 19.4. The molecular weight excluding hydrogens is 360 g/mol. The summed E-state index contributed by atoms with van der Waals surface area (Å²) < 4.78 is 0. The first-order valence-corrected chi connectivity index (χ1v) is 10.2. The number of rotatable bonds is 6. The maximum Gasteiger partial charge on any atom is -0.00208 e. The average molecular weight is 385 g/mol. The highest BCUT2D eigenvalue weighted by molar-refractivity contribution is 6.18. The van der Waals surface area contributed by atoms with Gasteiger partial charge in [0.05, 0.1) is 0 Å². The largest absolute Gasteiger partial charge is 0.0990 e. The van der Waals surface area contributed by atoms with E-state index in [9.17, 15) is 0 Å². The van der Waals surface area contributed by atoms with Crippen LogP contribution in [0.3, 0.4) is 0 Å². The van der Waals surface area contributed by atoms with Gasteiger partial charge in [-0.3, -0.25) is 0 Å². The predicted octanol–water partition coefficient (Wildman–Crippen LogP) is 7.92. The van der Waals surface area contributed by atoms with Crippen LogP contribution in [-0.2, 0) is 0 Å². The molecule has 0 saturated heterocycles. The van der Waals surface area contributed by atoms with Gasteiger partial charge in [-0.25, -0.2) is 0 Å². The zero-order valence-electron chi connectivity index (χ0n) is 16.9. The van der Waals surface area contributed by atoms with Crippen molar-refractivity contribution in [1.29, 1.82) is 0 Å². The van der Waals surface area contributed by atoms with Crippen LogP contribution in [0.5, 0.6) is 0 Å². The SMILES string of the molecule is C=C/C=C(/C(=C(c1ccccc1)c1ccccc1)c1ccccc1)c1ccccc1. The molecule has 144 valence electrons. The van der Waals surface area contributed by atoms with Gasteiger partial charge in [-0.15, -0.1) is 0 Å². The summed E-state index contributed by atoms with van der Waals surface area (Å²) in [4.78, 5) is 0. The van der Waals surface area contributed by atoms with E-state index in [4.69, 9.17) is 0 Å². The molecule has 0 spiro atoms. The maximum absolute atomic E-state index is 4.01. The van der Waals surface area contributed by atoms with Gasteiger partial charge in [-0.05, 0) is 39.0 Å². The number of allylic oxidation sites excluding steroid dienone is 4. The molecule has 0 amide bonds. The molecule has 4 aromatic rings. The van der Waals surface area contributed by atoms with Crippen molar-refractivity contribution in [2.75, 3.05) is 0 Å². The Kier molecular flexibility index (Phi) is 6.17. The van der Waals surface area contributed by atoms with Crippen molar-refractivity contribution in [2.24, 2.45) is 0 Å². The molecule has 0 aliphatic rings.